The third-order valence-corrected chi connectivity index (χ3v) is 2.68. The Morgan fingerprint density at radius 1 is 1.22 bits per heavy atom. The Morgan fingerprint density at radius 3 is 2.67 bits per heavy atom. The van der Waals surface area contributed by atoms with E-state index in [0.717, 1.165) is 23.8 Å². The molecule has 2 rings (SSSR count). The lowest BCUT2D eigenvalue weighted by molar-refractivity contribution is 0.00998. The standard InChI is InChI=1S/C15H18O3/c16-10-2-1-3-13-6-8-15(9-7-13)18-12-17-11-14-4-5-14/h6-9,14,16H,2,4-5,10-12H2. The van der Waals surface area contributed by atoms with Gasteiger partial charge in [-0.1, -0.05) is 11.8 Å². The zero-order valence-electron chi connectivity index (χ0n) is 10.4. The smallest absolute Gasteiger partial charge is 0.189 e. The number of rotatable bonds is 6. The van der Waals surface area contributed by atoms with E-state index in [4.69, 9.17) is 14.6 Å². The van der Waals surface area contributed by atoms with E-state index in [1.165, 1.54) is 12.8 Å². The van der Waals surface area contributed by atoms with Gasteiger partial charge in [0.05, 0.1) is 13.2 Å². The van der Waals surface area contributed by atoms with E-state index in [2.05, 4.69) is 11.8 Å². The largest absolute Gasteiger partial charge is 0.468 e. The highest BCUT2D eigenvalue weighted by atomic mass is 16.7. The van der Waals surface area contributed by atoms with Gasteiger partial charge < -0.3 is 14.6 Å². The SMILES string of the molecule is OCCC#Cc1ccc(OCOCC2CC2)cc1. The zero-order chi connectivity index (χ0) is 12.6. The van der Waals surface area contributed by atoms with Gasteiger partial charge in [-0.2, -0.15) is 0 Å². The normalized spacial score (nSPS) is 13.8. The first-order chi connectivity index (χ1) is 8.88. The highest BCUT2D eigenvalue weighted by Crippen LogP contribution is 2.28. The van der Waals surface area contributed by atoms with Crippen LogP contribution in [0.25, 0.3) is 0 Å². The molecule has 1 saturated carbocycles. The van der Waals surface area contributed by atoms with Gasteiger partial charge in [-0.3, -0.25) is 0 Å². The van der Waals surface area contributed by atoms with Crippen LogP contribution in [0.5, 0.6) is 5.75 Å². The van der Waals surface area contributed by atoms with Crippen molar-refractivity contribution in [1.82, 2.24) is 0 Å². The van der Waals surface area contributed by atoms with Gasteiger partial charge in [-0.15, -0.1) is 0 Å². The molecular weight excluding hydrogens is 228 g/mol. The van der Waals surface area contributed by atoms with E-state index in [1.54, 1.807) is 0 Å². The molecule has 0 aromatic heterocycles. The molecule has 0 bridgehead atoms. The molecule has 0 unspecified atom stereocenters. The van der Waals surface area contributed by atoms with Crippen LogP contribution in [0.15, 0.2) is 24.3 Å². The molecule has 1 aromatic rings. The Labute approximate surface area is 108 Å². The fraction of sp³-hybridized carbons (Fsp3) is 0.467. The summed E-state index contributed by atoms with van der Waals surface area (Å²) in [7, 11) is 0. The molecule has 1 aliphatic carbocycles. The van der Waals surface area contributed by atoms with Crippen molar-refractivity contribution < 1.29 is 14.6 Å². The number of benzene rings is 1. The summed E-state index contributed by atoms with van der Waals surface area (Å²) in [5, 5.41) is 8.62. The Hall–Kier alpha value is -1.50. The Bertz CT molecular complexity index is 410. The second kappa shape index (κ2) is 7.05. The quantitative estimate of drug-likeness (QED) is 0.475. The van der Waals surface area contributed by atoms with Crippen LogP contribution in [-0.2, 0) is 4.74 Å². The Balaban J connectivity index is 1.71. The van der Waals surface area contributed by atoms with Crippen molar-refractivity contribution in [3.8, 4) is 17.6 Å². The summed E-state index contributed by atoms with van der Waals surface area (Å²) in [6.07, 6.45) is 3.09. The number of ether oxygens (including phenoxy) is 2. The number of hydrogen-bond acceptors (Lipinski definition) is 3. The molecule has 3 heteroatoms. The molecule has 1 N–H and O–H groups in total. The molecule has 0 atom stereocenters. The van der Waals surface area contributed by atoms with Gasteiger partial charge in [0.25, 0.3) is 0 Å². The van der Waals surface area contributed by atoms with E-state index in [1.807, 2.05) is 24.3 Å². The Kier molecular flexibility index (Phi) is 5.07. The minimum Gasteiger partial charge on any atom is -0.468 e. The van der Waals surface area contributed by atoms with E-state index in [-0.39, 0.29) is 6.61 Å². The van der Waals surface area contributed by atoms with Crippen LogP contribution in [-0.4, -0.2) is 25.1 Å². The van der Waals surface area contributed by atoms with Gasteiger partial charge in [-0.25, -0.2) is 0 Å². The van der Waals surface area contributed by atoms with Gasteiger partial charge in [0.15, 0.2) is 6.79 Å². The second-order valence-electron chi connectivity index (χ2n) is 4.38. The summed E-state index contributed by atoms with van der Waals surface area (Å²) in [4.78, 5) is 0. The number of aliphatic hydroxyl groups is 1. The first-order valence-corrected chi connectivity index (χ1v) is 6.29. The third kappa shape index (κ3) is 4.79. The summed E-state index contributed by atoms with van der Waals surface area (Å²) in [5.41, 5.74) is 0.926. The summed E-state index contributed by atoms with van der Waals surface area (Å²) >= 11 is 0. The lowest BCUT2D eigenvalue weighted by Crippen LogP contribution is -2.04. The van der Waals surface area contributed by atoms with Crippen molar-refractivity contribution in [2.45, 2.75) is 19.3 Å². The molecule has 0 radical (unpaired) electrons. The molecule has 0 spiro atoms. The summed E-state index contributed by atoms with van der Waals surface area (Å²) in [6.45, 7) is 1.23. The highest BCUT2D eigenvalue weighted by molar-refractivity contribution is 5.38. The van der Waals surface area contributed by atoms with Gasteiger partial charge in [0, 0.05) is 12.0 Å². The summed E-state index contributed by atoms with van der Waals surface area (Å²) in [5.74, 6) is 7.40. The maximum absolute atomic E-state index is 8.62. The van der Waals surface area contributed by atoms with Gasteiger partial charge in [0.2, 0.25) is 0 Å². The van der Waals surface area contributed by atoms with E-state index in [0.29, 0.717) is 13.2 Å². The van der Waals surface area contributed by atoms with Crippen LogP contribution in [0.1, 0.15) is 24.8 Å². The van der Waals surface area contributed by atoms with Crippen LogP contribution >= 0.6 is 0 Å². The minimum absolute atomic E-state index is 0.104. The fourth-order valence-corrected chi connectivity index (χ4v) is 1.46. The zero-order valence-corrected chi connectivity index (χ0v) is 10.4. The molecule has 1 aliphatic rings. The maximum atomic E-state index is 8.62. The average Bonchev–Trinajstić information content (AvgIpc) is 3.21. The third-order valence-electron chi connectivity index (χ3n) is 2.68. The van der Waals surface area contributed by atoms with Crippen molar-refractivity contribution in [2.75, 3.05) is 20.0 Å². The average molecular weight is 246 g/mol. The predicted molar refractivity (Wildman–Crippen MR) is 69.2 cm³/mol. The van der Waals surface area contributed by atoms with E-state index < -0.39 is 0 Å². The van der Waals surface area contributed by atoms with Crippen molar-refractivity contribution in [1.29, 1.82) is 0 Å². The second-order valence-corrected chi connectivity index (χ2v) is 4.38. The maximum Gasteiger partial charge on any atom is 0.189 e. The number of aliphatic hydroxyl groups excluding tert-OH is 1. The van der Waals surface area contributed by atoms with E-state index in [9.17, 15) is 0 Å². The van der Waals surface area contributed by atoms with Crippen molar-refractivity contribution in [2.24, 2.45) is 5.92 Å². The summed E-state index contributed by atoms with van der Waals surface area (Å²) in [6, 6.07) is 7.56. The molecule has 0 aliphatic heterocycles. The van der Waals surface area contributed by atoms with Gasteiger partial charge in [0.1, 0.15) is 5.75 Å². The topological polar surface area (TPSA) is 38.7 Å². The van der Waals surface area contributed by atoms with Crippen molar-refractivity contribution in [3.63, 3.8) is 0 Å². The lowest BCUT2D eigenvalue weighted by atomic mass is 10.2. The molecule has 1 aromatic carbocycles. The number of hydrogen-bond donors (Lipinski definition) is 1. The first-order valence-electron chi connectivity index (χ1n) is 6.29. The van der Waals surface area contributed by atoms with Crippen LogP contribution in [0.4, 0.5) is 0 Å². The van der Waals surface area contributed by atoms with E-state index >= 15 is 0 Å². The monoisotopic (exact) mass is 246 g/mol. The van der Waals surface area contributed by atoms with Crippen LogP contribution < -0.4 is 4.74 Å². The molecule has 1 fully saturated rings. The van der Waals surface area contributed by atoms with Gasteiger partial charge in [-0.05, 0) is 43.0 Å². The Morgan fingerprint density at radius 2 is 2.00 bits per heavy atom. The minimum atomic E-state index is 0.104. The highest BCUT2D eigenvalue weighted by Gasteiger charge is 2.20. The molecule has 0 saturated heterocycles. The lowest BCUT2D eigenvalue weighted by Gasteiger charge is -2.06. The summed E-state index contributed by atoms with van der Waals surface area (Å²) < 4.78 is 10.8. The molecule has 0 heterocycles. The molecule has 0 amide bonds. The van der Waals surface area contributed by atoms with Crippen LogP contribution in [0, 0.1) is 17.8 Å². The van der Waals surface area contributed by atoms with Crippen molar-refractivity contribution in [3.05, 3.63) is 29.8 Å². The molecule has 18 heavy (non-hydrogen) atoms. The first kappa shape index (κ1) is 12.9. The molecule has 96 valence electrons. The van der Waals surface area contributed by atoms with Crippen LogP contribution in [0.2, 0.25) is 0 Å². The van der Waals surface area contributed by atoms with Crippen molar-refractivity contribution >= 4 is 0 Å². The van der Waals surface area contributed by atoms with Crippen LogP contribution in [0.3, 0.4) is 0 Å². The predicted octanol–water partition coefficient (Wildman–Crippen LogP) is 2.18. The van der Waals surface area contributed by atoms with Gasteiger partial charge >= 0.3 is 0 Å². The fourth-order valence-electron chi connectivity index (χ4n) is 1.46. The molecular formula is C15H18O3. The molecule has 3 nitrogen and oxygen atoms in total.